The van der Waals surface area contributed by atoms with Gasteiger partial charge in [0.2, 0.25) is 5.91 Å². The number of nitrogens with zero attached hydrogens (tertiary/aromatic N) is 1. The summed E-state index contributed by atoms with van der Waals surface area (Å²) in [6, 6.07) is 3.57. The fraction of sp³-hybridized carbons (Fsp3) is 0.533. The van der Waals surface area contributed by atoms with Crippen molar-refractivity contribution >= 4 is 11.9 Å². The topological polar surface area (TPSA) is 79.3 Å². The van der Waals surface area contributed by atoms with Crippen molar-refractivity contribution in [2.24, 2.45) is 5.92 Å². The first-order chi connectivity index (χ1) is 9.52. The third kappa shape index (κ3) is 3.35. The van der Waals surface area contributed by atoms with Crippen molar-refractivity contribution in [2.75, 3.05) is 0 Å². The fourth-order valence-corrected chi connectivity index (χ4v) is 2.91. The van der Waals surface area contributed by atoms with Crippen LogP contribution < -0.4 is 5.32 Å². The highest BCUT2D eigenvalue weighted by Gasteiger charge is 2.43. The Morgan fingerprint density at radius 1 is 1.55 bits per heavy atom. The summed E-state index contributed by atoms with van der Waals surface area (Å²) in [5.41, 5.74) is -0.314. The number of aromatic nitrogens is 1. The standard InChI is InChI=1S/C15H20N2O3/c1-11-4-2-6-15(9-11,14(19)20)17-13(18)8-12-5-3-7-16-10-12/h3,5,7,10-11H,2,4,6,8-9H2,1H3,(H,17,18)(H,19,20). The summed E-state index contributed by atoms with van der Waals surface area (Å²) in [6.07, 6.45) is 6.29. The lowest BCUT2D eigenvalue weighted by Crippen LogP contribution is -2.57. The molecule has 1 amide bonds. The van der Waals surface area contributed by atoms with Gasteiger partial charge in [0.25, 0.3) is 0 Å². The van der Waals surface area contributed by atoms with E-state index < -0.39 is 11.5 Å². The van der Waals surface area contributed by atoms with Crippen LogP contribution in [0.2, 0.25) is 0 Å². The highest BCUT2D eigenvalue weighted by Crippen LogP contribution is 2.32. The Hall–Kier alpha value is -1.91. The van der Waals surface area contributed by atoms with Crippen molar-refractivity contribution in [3.8, 4) is 0 Å². The number of hydrogen-bond acceptors (Lipinski definition) is 3. The molecule has 0 aliphatic heterocycles. The molecule has 2 N–H and O–H groups in total. The van der Waals surface area contributed by atoms with Crippen LogP contribution >= 0.6 is 0 Å². The minimum absolute atomic E-state index is 0.164. The lowest BCUT2D eigenvalue weighted by Gasteiger charge is -2.37. The van der Waals surface area contributed by atoms with E-state index in [0.29, 0.717) is 18.8 Å². The second kappa shape index (κ2) is 6.03. The van der Waals surface area contributed by atoms with E-state index in [4.69, 9.17) is 0 Å². The van der Waals surface area contributed by atoms with Crippen LogP contribution in [0.4, 0.5) is 0 Å². The first kappa shape index (κ1) is 14.5. The van der Waals surface area contributed by atoms with Crippen LogP contribution in [0.5, 0.6) is 0 Å². The fourth-order valence-electron chi connectivity index (χ4n) is 2.91. The van der Waals surface area contributed by atoms with Gasteiger partial charge in [-0.3, -0.25) is 9.78 Å². The molecule has 1 aromatic rings. The van der Waals surface area contributed by atoms with Crippen molar-refractivity contribution < 1.29 is 14.7 Å². The molecule has 2 rings (SSSR count). The summed E-state index contributed by atoms with van der Waals surface area (Å²) < 4.78 is 0. The largest absolute Gasteiger partial charge is 0.480 e. The molecule has 0 saturated heterocycles. The molecule has 1 fully saturated rings. The first-order valence-corrected chi connectivity index (χ1v) is 6.95. The van der Waals surface area contributed by atoms with Crippen molar-refractivity contribution in [1.82, 2.24) is 10.3 Å². The zero-order chi connectivity index (χ0) is 14.6. The van der Waals surface area contributed by atoms with Crippen LogP contribution in [0.3, 0.4) is 0 Å². The summed E-state index contributed by atoms with van der Waals surface area (Å²) in [5, 5.41) is 12.2. The average molecular weight is 276 g/mol. The van der Waals surface area contributed by atoms with Crippen LogP contribution in [0, 0.1) is 5.92 Å². The number of rotatable bonds is 4. The van der Waals surface area contributed by atoms with Crippen LogP contribution in [0.25, 0.3) is 0 Å². The molecule has 1 aromatic heterocycles. The molecule has 5 heteroatoms. The van der Waals surface area contributed by atoms with Gasteiger partial charge in [-0.15, -0.1) is 0 Å². The van der Waals surface area contributed by atoms with Crippen LogP contribution in [-0.4, -0.2) is 27.5 Å². The molecular formula is C15H20N2O3. The van der Waals surface area contributed by atoms with E-state index in [1.807, 2.05) is 13.0 Å². The summed E-state index contributed by atoms with van der Waals surface area (Å²) >= 11 is 0. The molecule has 2 unspecified atom stereocenters. The second-order valence-corrected chi connectivity index (χ2v) is 5.68. The monoisotopic (exact) mass is 276 g/mol. The first-order valence-electron chi connectivity index (χ1n) is 6.95. The molecule has 1 saturated carbocycles. The predicted molar refractivity (Wildman–Crippen MR) is 74.1 cm³/mol. The molecule has 2 atom stereocenters. The Balaban J connectivity index is 2.05. The SMILES string of the molecule is CC1CCCC(NC(=O)Cc2cccnc2)(C(=O)O)C1. The van der Waals surface area contributed by atoms with Gasteiger partial charge in [0, 0.05) is 12.4 Å². The molecular weight excluding hydrogens is 256 g/mol. The molecule has 108 valence electrons. The van der Waals surface area contributed by atoms with Gasteiger partial charge in [0.15, 0.2) is 0 Å². The van der Waals surface area contributed by atoms with E-state index in [9.17, 15) is 14.7 Å². The Bertz CT molecular complexity index is 489. The maximum Gasteiger partial charge on any atom is 0.329 e. The molecule has 1 aliphatic carbocycles. The molecule has 1 aliphatic rings. The molecule has 0 radical (unpaired) electrons. The number of hydrogen-bond donors (Lipinski definition) is 2. The van der Waals surface area contributed by atoms with E-state index in [0.717, 1.165) is 18.4 Å². The third-order valence-electron chi connectivity index (χ3n) is 3.87. The Morgan fingerprint density at radius 2 is 2.35 bits per heavy atom. The van der Waals surface area contributed by atoms with Crippen molar-refractivity contribution in [3.05, 3.63) is 30.1 Å². The minimum atomic E-state index is -1.10. The van der Waals surface area contributed by atoms with E-state index in [1.54, 1.807) is 18.5 Å². The highest BCUT2D eigenvalue weighted by molar-refractivity contribution is 5.88. The normalized spacial score (nSPS) is 25.9. The van der Waals surface area contributed by atoms with E-state index in [1.165, 1.54) is 0 Å². The Kier molecular flexibility index (Phi) is 4.37. The van der Waals surface area contributed by atoms with E-state index >= 15 is 0 Å². The van der Waals surface area contributed by atoms with Crippen molar-refractivity contribution in [3.63, 3.8) is 0 Å². The van der Waals surface area contributed by atoms with Gasteiger partial charge in [0.05, 0.1) is 6.42 Å². The van der Waals surface area contributed by atoms with Crippen LogP contribution in [0.15, 0.2) is 24.5 Å². The van der Waals surface area contributed by atoms with Gasteiger partial charge in [-0.05, 0) is 30.4 Å². The lowest BCUT2D eigenvalue weighted by atomic mass is 9.76. The van der Waals surface area contributed by atoms with Crippen LogP contribution in [-0.2, 0) is 16.0 Å². The number of carboxylic acids is 1. The quantitative estimate of drug-likeness (QED) is 0.878. The second-order valence-electron chi connectivity index (χ2n) is 5.68. The Morgan fingerprint density at radius 3 is 2.95 bits per heavy atom. The van der Waals surface area contributed by atoms with Gasteiger partial charge >= 0.3 is 5.97 Å². The number of carbonyl (C=O) groups excluding carboxylic acids is 1. The predicted octanol–water partition coefficient (Wildman–Crippen LogP) is 1.77. The molecule has 0 bridgehead atoms. The van der Waals surface area contributed by atoms with Gasteiger partial charge < -0.3 is 10.4 Å². The maximum atomic E-state index is 12.1. The van der Waals surface area contributed by atoms with Crippen molar-refractivity contribution in [2.45, 2.75) is 44.6 Å². The number of amides is 1. The highest BCUT2D eigenvalue weighted by atomic mass is 16.4. The van der Waals surface area contributed by atoms with Crippen LogP contribution in [0.1, 0.15) is 38.2 Å². The van der Waals surface area contributed by atoms with Gasteiger partial charge in [-0.2, -0.15) is 0 Å². The summed E-state index contributed by atoms with van der Waals surface area (Å²) in [5.74, 6) is -0.864. The summed E-state index contributed by atoms with van der Waals surface area (Å²) in [4.78, 5) is 27.6. The molecule has 0 aromatic carbocycles. The summed E-state index contributed by atoms with van der Waals surface area (Å²) in [7, 11) is 0. The molecule has 5 nitrogen and oxygen atoms in total. The number of carbonyl (C=O) groups is 2. The molecule has 20 heavy (non-hydrogen) atoms. The average Bonchev–Trinajstić information content (AvgIpc) is 2.39. The van der Waals surface area contributed by atoms with Crippen molar-refractivity contribution in [1.29, 1.82) is 0 Å². The molecule has 1 heterocycles. The van der Waals surface area contributed by atoms with Gasteiger partial charge in [-0.1, -0.05) is 25.8 Å². The van der Waals surface area contributed by atoms with E-state index in [2.05, 4.69) is 10.3 Å². The summed E-state index contributed by atoms with van der Waals surface area (Å²) in [6.45, 7) is 2.03. The maximum absolute atomic E-state index is 12.1. The minimum Gasteiger partial charge on any atom is -0.480 e. The number of aliphatic carboxylic acids is 1. The smallest absolute Gasteiger partial charge is 0.329 e. The Labute approximate surface area is 118 Å². The number of carboxylic acid groups (broad SMARTS) is 1. The molecule has 0 spiro atoms. The van der Waals surface area contributed by atoms with E-state index in [-0.39, 0.29) is 12.3 Å². The van der Waals surface area contributed by atoms with Gasteiger partial charge in [0.1, 0.15) is 5.54 Å². The number of pyridine rings is 1. The third-order valence-corrected chi connectivity index (χ3v) is 3.87. The zero-order valence-corrected chi connectivity index (χ0v) is 11.6. The van der Waals surface area contributed by atoms with Gasteiger partial charge in [-0.25, -0.2) is 4.79 Å². The zero-order valence-electron chi connectivity index (χ0n) is 11.6. The number of nitrogens with one attached hydrogen (secondary N) is 1. The lowest BCUT2D eigenvalue weighted by molar-refractivity contribution is -0.150.